The molecule has 0 unspecified atom stereocenters. The monoisotopic (exact) mass is 384 g/mol. The number of para-hydroxylation sites is 1. The maximum Gasteiger partial charge on any atom is 0.191 e. The molecule has 5 nitrogen and oxygen atoms in total. The molecule has 132 valence electrons. The van der Waals surface area contributed by atoms with Crippen molar-refractivity contribution in [2.24, 2.45) is 7.05 Å². The van der Waals surface area contributed by atoms with Crippen molar-refractivity contribution < 1.29 is 4.74 Å². The number of thioether (sulfide) groups is 1. The molecule has 0 bridgehead atoms. The molecule has 0 fully saturated rings. The van der Waals surface area contributed by atoms with Crippen molar-refractivity contribution in [3.63, 3.8) is 0 Å². The molecule has 0 radical (unpaired) electrons. The predicted molar refractivity (Wildman–Crippen MR) is 102 cm³/mol. The molecule has 0 spiro atoms. The van der Waals surface area contributed by atoms with E-state index in [-0.39, 0.29) is 0 Å². The summed E-state index contributed by atoms with van der Waals surface area (Å²) in [7, 11) is 1.92. The fourth-order valence-corrected chi connectivity index (χ4v) is 3.59. The van der Waals surface area contributed by atoms with Crippen LogP contribution in [0, 0.1) is 18.3 Å². The van der Waals surface area contributed by atoms with E-state index in [9.17, 15) is 0 Å². The molecule has 0 aliphatic heterocycles. The van der Waals surface area contributed by atoms with Gasteiger partial charge < -0.3 is 9.30 Å². The minimum absolute atomic E-state index is 0.354. The van der Waals surface area contributed by atoms with E-state index in [1.807, 2.05) is 48.9 Å². The third kappa shape index (κ3) is 4.18. The topological polar surface area (TPSA) is 63.7 Å². The van der Waals surface area contributed by atoms with Crippen molar-refractivity contribution in [2.75, 3.05) is 0 Å². The summed E-state index contributed by atoms with van der Waals surface area (Å²) >= 11 is 7.76. The fraction of sp³-hybridized carbons (Fsp3) is 0.211. The van der Waals surface area contributed by atoms with E-state index in [0.717, 1.165) is 27.9 Å². The molecule has 1 aromatic heterocycles. The van der Waals surface area contributed by atoms with E-state index in [2.05, 4.69) is 16.3 Å². The van der Waals surface area contributed by atoms with Gasteiger partial charge in [0, 0.05) is 17.8 Å². The molecule has 7 heteroatoms. The largest absolute Gasteiger partial charge is 0.485 e. The van der Waals surface area contributed by atoms with Crippen LogP contribution in [0.4, 0.5) is 0 Å². The first-order valence-electron chi connectivity index (χ1n) is 7.96. The Balaban J connectivity index is 1.64. The number of nitriles is 1. The highest BCUT2D eigenvalue weighted by atomic mass is 35.5. The molecular formula is C19H17ClN4OS. The first kappa shape index (κ1) is 18.3. The molecule has 1 heterocycles. The zero-order valence-corrected chi connectivity index (χ0v) is 16.0. The highest BCUT2D eigenvalue weighted by molar-refractivity contribution is 7.98. The molecule has 0 atom stereocenters. The maximum atomic E-state index is 8.90. The van der Waals surface area contributed by atoms with Crippen molar-refractivity contribution in [3.05, 3.63) is 70.0 Å². The lowest BCUT2D eigenvalue weighted by molar-refractivity contribution is 0.288. The first-order chi connectivity index (χ1) is 12.6. The van der Waals surface area contributed by atoms with Crippen LogP contribution in [0.5, 0.6) is 5.75 Å². The van der Waals surface area contributed by atoms with Gasteiger partial charge in [-0.3, -0.25) is 0 Å². The summed E-state index contributed by atoms with van der Waals surface area (Å²) in [6.07, 6.45) is 0. The normalized spacial score (nSPS) is 10.5. The second kappa shape index (κ2) is 8.26. The lowest BCUT2D eigenvalue weighted by atomic mass is 10.2. The smallest absolute Gasteiger partial charge is 0.191 e. The van der Waals surface area contributed by atoms with Gasteiger partial charge in [-0.05, 0) is 36.2 Å². The van der Waals surface area contributed by atoms with Crippen LogP contribution in [0.2, 0.25) is 5.02 Å². The molecular weight excluding hydrogens is 368 g/mol. The Kier molecular flexibility index (Phi) is 5.82. The minimum atomic E-state index is 0.354. The zero-order chi connectivity index (χ0) is 18.5. The third-order valence-corrected chi connectivity index (χ3v) is 5.34. The second-order valence-corrected chi connectivity index (χ2v) is 7.07. The van der Waals surface area contributed by atoms with Gasteiger partial charge in [0.05, 0.1) is 11.6 Å². The Morgan fingerprint density at radius 2 is 2.04 bits per heavy atom. The minimum Gasteiger partial charge on any atom is -0.485 e. The molecule has 0 saturated carbocycles. The van der Waals surface area contributed by atoms with Crippen molar-refractivity contribution in [2.45, 2.75) is 24.4 Å². The van der Waals surface area contributed by atoms with Gasteiger partial charge in [-0.15, -0.1) is 10.2 Å². The van der Waals surface area contributed by atoms with Crippen LogP contribution in [0.3, 0.4) is 0 Å². The summed E-state index contributed by atoms with van der Waals surface area (Å²) in [6, 6.07) is 15.3. The van der Waals surface area contributed by atoms with E-state index in [1.54, 1.807) is 12.1 Å². The lowest BCUT2D eigenvalue weighted by Gasteiger charge is -2.09. The van der Waals surface area contributed by atoms with Crippen LogP contribution >= 0.6 is 23.4 Å². The Bertz CT molecular complexity index is 964. The maximum absolute atomic E-state index is 8.90. The van der Waals surface area contributed by atoms with Gasteiger partial charge >= 0.3 is 0 Å². The Hall–Kier alpha value is -2.49. The second-order valence-electron chi connectivity index (χ2n) is 5.72. The van der Waals surface area contributed by atoms with Gasteiger partial charge in [0.15, 0.2) is 11.0 Å². The van der Waals surface area contributed by atoms with E-state index < -0.39 is 0 Å². The summed E-state index contributed by atoms with van der Waals surface area (Å²) in [5.74, 6) is 2.24. The molecule has 3 rings (SSSR count). The highest BCUT2D eigenvalue weighted by Crippen LogP contribution is 2.27. The Morgan fingerprint density at radius 3 is 2.77 bits per heavy atom. The van der Waals surface area contributed by atoms with Crippen molar-refractivity contribution >= 4 is 23.4 Å². The van der Waals surface area contributed by atoms with Crippen LogP contribution in [0.1, 0.15) is 22.5 Å². The number of ether oxygens (including phenoxy) is 1. The molecule has 0 aliphatic carbocycles. The average molecular weight is 385 g/mol. The van der Waals surface area contributed by atoms with Gasteiger partial charge in [-0.1, -0.05) is 47.6 Å². The Morgan fingerprint density at radius 1 is 1.23 bits per heavy atom. The number of nitrogens with zero attached hydrogens (tertiary/aromatic N) is 4. The number of aryl methyl sites for hydroxylation is 1. The number of aromatic nitrogens is 3. The molecule has 0 amide bonds. The van der Waals surface area contributed by atoms with Crippen molar-refractivity contribution in [1.29, 1.82) is 5.26 Å². The van der Waals surface area contributed by atoms with Gasteiger partial charge in [0.2, 0.25) is 0 Å². The van der Waals surface area contributed by atoms with Crippen LogP contribution < -0.4 is 4.74 Å². The number of hydrogen-bond donors (Lipinski definition) is 0. The summed E-state index contributed by atoms with van der Waals surface area (Å²) in [6.45, 7) is 2.36. The average Bonchev–Trinajstić information content (AvgIpc) is 3.00. The molecule has 0 N–H and O–H groups in total. The lowest BCUT2D eigenvalue weighted by Crippen LogP contribution is -2.05. The molecule has 26 heavy (non-hydrogen) atoms. The van der Waals surface area contributed by atoms with Crippen LogP contribution in [0.25, 0.3) is 0 Å². The summed E-state index contributed by atoms with van der Waals surface area (Å²) < 4.78 is 7.76. The van der Waals surface area contributed by atoms with E-state index >= 15 is 0 Å². The number of benzene rings is 2. The van der Waals surface area contributed by atoms with E-state index in [4.69, 9.17) is 21.6 Å². The first-order valence-corrected chi connectivity index (χ1v) is 9.33. The molecule has 0 aliphatic rings. The van der Waals surface area contributed by atoms with E-state index in [0.29, 0.717) is 22.9 Å². The number of halogens is 1. The van der Waals surface area contributed by atoms with Gasteiger partial charge in [0.25, 0.3) is 0 Å². The summed E-state index contributed by atoms with van der Waals surface area (Å²) in [5.41, 5.74) is 2.59. The van der Waals surface area contributed by atoms with Crippen molar-refractivity contribution in [1.82, 2.24) is 14.8 Å². The number of hydrogen-bond acceptors (Lipinski definition) is 5. The molecule has 0 saturated heterocycles. The van der Waals surface area contributed by atoms with Crippen molar-refractivity contribution in [3.8, 4) is 11.8 Å². The molecule has 2 aromatic carbocycles. The third-order valence-electron chi connectivity index (χ3n) is 3.91. The highest BCUT2D eigenvalue weighted by Gasteiger charge is 2.12. The fourth-order valence-electron chi connectivity index (χ4n) is 2.33. The summed E-state index contributed by atoms with van der Waals surface area (Å²) in [4.78, 5) is 0. The van der Waals surface area contributed by atoms with Crippen LogP contribution in [-0.4, -0.2) is 14.8 Å². The van der Waals surface area contributed by atoms with Crippen LogP contribution in [0.15, 0.2) is 47.6 Å². The summed E-state index contributed by atoms with van der Waals surface area (Å²) in [5, 5.41) is 18.7. The standard InChI is InChI=1S/C19H17ClN4OS/c1-13-5-3-4-6-17(13)25-11-18-22-23-19(24(18)2)26-12-15-8-7-14(10-21)9-16(15)20/h3-9H,11-12H2,1-2H3. The predicted octanol–water partition coefficient (Wildman–Crippen LogP) is 4.52. The Labute approximate surface area is 161 Å². The number of rotatable bonds is 6. The SMILES string of the molecule is Cc1ccccc1OCc1nnc(SCc2ccc(C#N)cc2Cl)n1C. The zero-order valence-electron chi connectivity index (χ0n) is 14.4. The van der Waals surface area contributed by atoms with Crippen LogP contribution in [-0.2, 0) is 19.4 Å². The van der Waals surface area contributed by atoms with Gasteiger partial charge in [-0.25, -0.2) is 0 Å². The van der Waals surface area contributed by atoms with Gasteiger partial charge in [0.1, 0.15) is 12.4 Å². The quantitative estimate of drug-likeness (QED) is 0.584. The van der Waals surface area contributed by atoms with Gasteiger partial charge in [-0.2, -0.15) is 5.26 Å². The van der Waals surface area contributed by atoms with E-state index in [1.165, 1.54) is 11.8 Å². The molecule has 3 aromatic rings.